The highest BCUT2D eigenvalue weighted by Gasteiger charge is 2.05. The molecule has 0 radical (unpaired) electrons. The molecule has 13 heavy (non-hydrogen) atoms. The van der Waals surface area contributed by atoms with Crippen molar-refractivity contribution in [2.45, 2.75) is 0 Å². The molecule has 0 spiro atoms. The zero-order chi connectivity index (χ0) is 9.84. The zero-order valence-electron chi connectivity index (χ0n) is 6.24. The zero-order valence-corrected chi connectivity index (χ0v) is 7.75. The molecule has 0 aliphatic carbocycles. The molecule has 1 aromatic rings. The highest BCUT2D eigenvalue weighted by molar-refractivity contribution is 6.42. The van der Waals surface area contributed by atoms with E-state index >= 15 is 0 Å². The van der Waals surface area contributed by atoms with Gasteiger partial charge in [-0.2, -0.15) is 5.26 Å². The van der Waals surface area contributed by atoms with E-state index in [1.54, 1.807) is 6.07 Å². The molecule has 0 heterocycles. The molecule has 4 heteroatoms. The topological polar surface area (TPSA) is 23.8 Å². The second kappa shape index (κ2) is 4.14. The molecule has 0 aromatic heterocycles. The van der Waals surface area contributed by atoms with Crippen molar-refractivity contribution in [1.29, 1.82) is 5.26 Å². The smallest absolute Gasteiger partial charge is 0.152 e. The van der Waals surface area contributed by atoms with Crippen LogP contribution >= 0.6 is 23.2 Å². The molecule has 0 aliphatic heterocycles. The number of benzene rings is 1. The monoisotopic (exact) mass is 213 g/mol. The number of nitriles is 1. The van der Waals surface area contributed by atoms with Crippen LogP contribution in [0.1, 0.15) is 5.56 Å². The third kappa shape index (κ3) is 2.36. The van der Waals surface area contributed by atoms with Gasteiger partial charge in [0.1, 0.15) is 5.82 Å². The number of rotatable bonds is 0. The van der Waals surface area contributed by atoms with Crippen molar-refractivity contribution < 1.29 is 4.39 Å². The second-order valence-corrected chi connectivity index (χ2v) is 2.90. The van der Waals surface area contributed by atoms with Crippen LogP contribution in [0.3, 0.4) is 0 Å². The Morgan fingerprint density at radius 2 is 2.00 bits per heavy atom. The van der Waals surface area contributed by atoms with Crippen LogP contribution in [0.4, 0.5) is 4.39 Å². The predicted octanol–water partition coefficient (Wildman–Crippen LogP) is 3.01. The minimum atomic E-state index is -0.642. The lowest BCUT2D eigenvalue weighted by atomic mass is 10.2. The van der Waals surface area contributed by atoms with Crippen LogP contribution < -0.4 is 0 Å². The first kappa shape index (κ1) is 9.86. The highest BCUT2D eigenvalue weighted by atomic mass is 35.5. The molecule has 0 atom stereocenters. The van der Waals surface area contributed by atoms with Crippen LogP contribution in [0.15, 0.2) is 12.1 Å². The second-order valence-electron chi connectivity index (χ2n) is 2.12. The Hall–Kier alpha value is -1.22. The van der Waals surface area contributed by atoms with Gasteiger partial charge in [-0.1, -0.05) is 29.1 Å². The summed E-state index contributed by atoms with van der Waals surface area (Å²) in [6.45, 7) is 0. The first-order chi connectivity index (χ1) is 6.15. The van der Waals surface area contributed by atoms with Gasteiger partial charge < -0.3 is 0 Å². The Morgan fingerprint density at radius 3 is 2.54 bits per heavy atom. The highest BCUT2D eigenvalue weighted by Crippen LogP contribution is 2.25. The first-order valence-corrected chi connectivity index (χ1v) is 3.95. The fourth-order valence-corrected chi connectivity index (χ4v) is 1.04. The van der Waals surface area contributed by atoms with Crippen molar-refractivity contribution in [2.24, 2.45) is 0 Å². The van der Waals surface area contributed by atoms with E-state index in [2.05, 4.69) is 11.8 Å². The number of halogens is 3. The molecule has 1 nitrogen and oxygen atoms in total. The molecule has 64 valence electrons. The molecule has 0 saturated carbocycles. The minimum Gasteiger partial charge on any atom is -0.205 e. The van der Waals surface area contributed by atoms with Crippen molar-refractivity contribution in [1.82, 2.24) is 0 Å². The van der Waals surface area contributed by atoms with Crippen LogP contribution in [-0.4, -0.2) is 0 Å². The molecular formula is C9H2Cl2FN. The number of hydrogen-bond donors (Lipinski definition) is 0. The lowest BCUT2D eigenvalue weighted by Gasteiger charge is -1.97. The molecule has 0 unspecified atom stereocenters. The Kier molecular flexibility index (Phi) is 3.14. The van der Waals surface area contributed by atoms with Crippen LogP contribution in [0.2, 0.25) is 10.0 Å². The third-order valence-electron chi connectivity index (χ3n) is 1.25. The molecule has 0 fully saturated rings. The maximum absolute atomic E-state index is 12.9. The van der Waals surface area contributed by atoms with E-state index < -0.39 is 5.82 Å². The average Bonchev–Trinajstić information content (AvgIpc) is 2.10. The van der Waals surface area contributed by atoms with Gasteiger partial charge in [-0.3, -0.25) is 0 Å². The Morgan fingerprint density at radius 1 is 1.31 bits per heavy atom. The summed E-state index contributed by atoms with van der Waals surface area (Å²) in [5.74, 6) is 3.89. The molecule has 0 N–H and O–H groups in total. The fourth-order valence-electron chi connectivity index (χ4n) is 0.728. The van der Waals surface area contributed by atoms with Crippen molar-refractivity contribution in [3.05, 3.63) is 33.6 Å². The summed E-state index contributed by atoms with van der Waals surface area (Å²) in [7, 11) is 0. The summed E-state index contributed by atoms with van der Waals surface area (Å²) >= 11 is 11.0. The molecule has 0 aliphatic rings. The molecule has 0 amide bonds. The van der Waals surface area contributed by atoms with E-state index in [0.717, 1.165) is 6.07 Å². The fraction of sp³-hybridized carbons (Fsp3) is 0. The van der Waals surface area contributed by atoms with Crippen LogP contribution in [0.5, 0.6) is 0 Å². The SMILES string of the molecule is N#CC#Cc1cc(F)c(Cl)c(Cl)c1. The maximum Gasteiger partial charge on any atom is 0.152 e. The van der Waals surface area contributed by atoms with Crippen molar-refractivity contribution in [3.63, 3.8) is 0 Å². The van der Waals surface area contributed by atoms with Gasteiger partial charge in [0.15, 0.2) is 6.07 Å². The Labute approximate surface area is 84.7 Å². The van der Waals surface area contributed by atoms with Crippen LogP contribution in [0.25, 0.3) is 0 Å². The molecular weight excluding hydrogens is 212 g/mol. The van der Waals surface area contributed by atoms with E-state index in [-0.39, 0.29) is 10.0 Å². The molecule has 1 aromatic carbocycles. The average molecular weight is 214 g/mol. The van der Waals surface area contributed by atoms with Crippen molar-refractivity contribution in [3.8, 4) is 17.9 Å². The van der Waals surface area contributed by atoms with Crippen LogP contribution in [-0.2, 0) is 0 Å². The Bertz CT molecular complexity index is 414. The normalized spacial score (nSPS) is 8.46. The van der Waals surface area contributed by atoms with Gasteiger partial charge in [-0.05, 0) is 12.1 Å². The van der Waals surface area contributed by atoms with Gasteiger partial charge in [0.25, 0.3) is 0 Å². The van der Waals surface area contributed by atoms with Gasteiger partial charge in [0.2, 0.25) is 0 Å². The quantitative estimate of drug-likeness (QED) is 0.481. The lowest BCUT2D eigenvalue weighted by molar-refractivity contribution is 0.628. The Balaban J connectivity index is 3.23. The number of hydrogen-bond acceptors (Lipinski definition) is 1. The molecule has 0 bridgehead atoms. The van der Waals surface area contributed by atoms with Crippen LogP contribution in [0, 0.1) is 29.0 Å². The largest absolute Gasteiger partial charge is 0.205 e. The lowest BCUT2D eigenvalue weighted by Crippen LogP contribution is -1.82. The van der Waals surface area contributed by atoms with E-state index in [4.69, 9.17) is 28.5 Å². The summed E-state index contributed by atoms with van der Waals surface area (Å²) in [4.78, 5) is 0. The third-order valence-corrected chi connectivity index (χ3v) is 2.03. The van der Waals surface area contributed by atoms with Crippen molar-refractivity contribution >= 4 is 23.2 Å². The van der Waals surface area contributed by atoms with Gasteiger partial charge >= 0.3 is 0 Å². The molecule has 0 saturated heterocycles. The van der Waals surface area contributed by atoms with E-state index in [9.17, 15) is 4.39 Å². The molecule has 1 rings (SSSR count). The van der Waals surface area contributed by atoms with Gasteiger partial charge in [0.05, 0.1) is 10.0 Å². The van der Waals surface area contributed by atoms with Gasteiger partial charge in [-0.15, -0.1) is 0 Å². The summed E-state index contributed by atoms with van der Waals surface area (Å²) in [5, 5.41) is 8.10. The van der Waals surface area contributed by atoms with Gasteiger partial charge in [0, 0.05) is 11.5 Å². The number of nitrogens with zero attached hydrogens (tertiary/aromatic N) is 1. The maximum atomic E-state index is 12.9. The predicted molar refractivity (Wildman–Crippen MR) is 48.9 cm³/mol. The first-order valence-electron chi connectivity index (χ1n) is 3.20. The van der Waals surface area contributed by atoms with Gasteiger partial charge in [-0.25, -0.2) is 4.39 Å². The van der Waals surface area contributed by atoms with E-state index in [1.165, 1.54) is 6.07 Å². The summed E-state index contributed by atoms with van der Waals surface area (Å²) in [6, 6.07) is 4.13. The van der Waals surface area contributed by atoms with E-state index in [1.807, 2.05) is 0 Å². The summed E-state index contributed by atoms with van der Waals surface area (Å²) < 4.78 is 12.9. The summed E-state index contributed by atoms with van der Waals surface area (Å²) in [6.07, 6.45) is 0. The summed E-state index contributed by atoms with van der Waals surface area (Å²) in [5.41, 5.74) is 0.327. The van der Waals surface area contributed by atoms with E-state index in [0.29, 0.717) is 5.56 Å². The van der Waals surface area contributed by atoms with Crippen molar-refractivity contribution in [2.75, 3.05) is 0 Å². The standard InChI is InChI=1S/C9H2Cl2FN/c10-7-4-6(2-1-3-13)5-8(12)9(7)11/h4-5H. The minimum absolute atomic E-state index is 0.0870.